The largest absolute Gasteiger partial charge is 0.507 e. The Morgan fingerprint density at radius 1 is 1.31 bits per heavy atom. The number of ketones is 1. The summed E-state index contributed by atoms with van der Waals surface area (Å²) in [5.74, 6) is 0.423. The molecular weight excluding hydrogens is 385 g/mol. The third-order valence-electron chi connectivity index (χ3n) is 4.80. The third kappa shape index (κ3) is 7.72. The van der Waals surface area contributed by atoms with Crippen LogP contribution in [0.2, 0.25) is 0 Å². The van der Waals surface area contributed by atoms with Crippen molar-refractivity contribution in [3.8, 4) is 11.5 Å². The van der Waals surface area contributed by atoms with Crippen LogP contribution in [0.15, 0.2) is 24.3 Å². The Labute approximate surface area is 169 Å². The van der Waals surface area contributed by atoms with Crippen LogP contribution in [0.3, 0.4) is 0 Å². The van der Waals surface area contributed by atoms with Gasteiger partial charge in [-0.15, -0.1) is 0 Å². The highest BCUT2D eigenvalue weighted by Crippen LogP contribution is 2.34. The molecule has 0 spiro atoms. The monoisotopic (exact) mass is 414 g/mol. The summed E-state index contributed by atoms with van der Waals surface area (Å²) in [7, 11) is 0. The molecule has 1 fully saturated rings. The summed E-state index contributed by atoms with van der Waals surface area (Å²) >= 11 is 0. The first kappa shape index (κ1) is 23.3. The number of epoxide rings is 1. The molecule has 29 heavy (non-hydrogen) atoms. The van der Waals surface area contributed by atoms with Crippen molar-refractivity contribution in [3.63, 3.8) is 0 Å². The van der Waals surface area contributed by atoms with E-state index in [1.54, 1.807) is 12.1 Å². The molecule has 1 heterocycles. The van der Waals surface area contributed by atoms with Crippen LogP contribution in [0.4, 0.5) is 13.2 Å². The first-order valence-electron chi connectivity index (χ1n) is 10.1. The van der Waals surface area contributed by atoms with E-state index in [2.05, 4.69) is 0 Å². The fourth-order valence-corrected chi connectivity index (χ4v) is 3.17. The summed E-state index contributed by atoms with van der Waals surface area (Å²) in [6, 6.07) is 3.31. The Balaban J connectivity index is 1.68. The van der Waals surface area contributed by atoms with Gasteiger partial charge in [-0.25, -0.2) is 0 Å². The summed E-state index contributed by atoms with van der Waals surface area (Å²) in [5, 5.41) is 10.3. The topological polar surface area (TPSA) is 59.1 Å². The molecule has 1 aliphatic heterocycles. The molecule has 0 saturated carbocycles. The first-order chi connectivity index (χ1) is 13.7. The van der Waals surface area contributed by atoms with Crippen molar-refractivity contribution in [2.45, 2.75) is 77.2 Å². The molecule has 0 unspecified atom stereocenters. The summed E-state index contributed by atoms with van der Waals surface area (Å²) in [6.45, 7) is 3.90. The summed E-state index contributed by atoms with van der Waals surface area (Å²) in [4.78, 5) is 11.6. The lowest BCUT2D eigenvalue weighted by molar-refractivity contribution is -0.136. The normalized spacial score (nSPS) is 18.9. The van der Waals surface area contributed by atoms with E-state index >= 15 is 0 Å². The van der Waals surface area contributed by atoms with E-state index in [1.807, 2.05) is 19.1 Å². The van der Waals surface area contributed by atoms with Crippen LogP contribution in [0.5, 0.6) is 11.5 Å². The number of alkyl halides is 3. The zero-order valence-electron chi connectivity index (χ0n) is 16.9. The van der Waals surface area contributed by atoms with Crippen LogP contribution >= 0.6 is 0 Å². The average Bonchev–Trinajstić information content (AvgIpc) is 3.39. The SMILES string of the molecule is CCCc1c(OCCCCC=C[C@H]2O[C@@H]2CCC(F)(F)F)ccc(C(C)=O)c1O. The quantitative estimate of drug-likeness (QED) is 0.204. The molecule has 0 aromatic heterocycles. The summed E-state index contributed by atoms with van der Waals surface area (Å²) in [5.41, 5.74) is 0.970. The molecule has 2 rings (SSSR count). The molecule has 7 heteroatoms. The molecule has 1 aliphatic rings. The van der Waals surface area contributed by atoms with Crippen molar-refractivity contribution >= 4 is 5.78 Å². The number of unbranched alkanes of at least 4 members (excludes halogenated alkanes) is 2. The van der Waals surface area contributed by atoms with Gasteiger partial charge in [0.25, 0.3) is 0 Å². The van der Waals surface area contributed by atoms with E-state index in [1.165, 1.54) is 6.92 Å². The highest BCUT2D eigenvalue weighted by Gasteiger charge is 2.39. The summed E-state index contributed by atoms with van der Waals surface area (Å²) < 4.78 is 47.5. The minimum absolute atomic E-state index is 0.00398. The Morgan fingerprint density at radius 3 is 2.72 bits per heavy atom. The maximum atomic E-state index is 12.1. The van der Waals surface area contributed by atoms with Gasteiger partial charge in [-0.3, -0.25) is 4.79 Å². The number of hydrogen-bond acceptors (Lipinski definition) is 4. The highest BCUT2D eigenvalue weighted by molar-refractivity contribution is 5.97. The van der Waals surface area contributed by atoms with Gasteiger partial charge in [0, 0.05) is 12.0 Å². The maximum Gasteiger partial charge on any atom is 0.389 e. The zero-order valence-corrected chi connectivity index (χ0v) is 16.9. The van der Waals surface area contributed by atoms with Gasteiger partial charge in [-0.2, -0.15) is 13.2 Å². The molecule has 0 amide bonds. The van der Waals surface area contributed by atoms with Crippen LogP contribution in [0.1, 0.15) is 68.3 Å². The van der Waals surface area contributed by atoms with Gasteiger partial charge >= 0.3 is 6.18 Å². The molecule has 0 aliphatic carbocycles. The second kappa shape index (κ2) is 10.7. The molecular formula is C22H29F3O4. The fourth-order valence-electron chi connectivity index (χ4n) is 3.17. The van der Waals surface area contributed by atoms with E-state index in [0.29, 0.717) is 29.9 Å². The molecule has 2 atom stereocenters. The molecule has 0 radical (unpaired) electrons. The zero-order chi connectivity index (χ0) is 21.4. The predicted molar refractivity (Wildman–Crippen MR) is 105 cm³/mol. The number of carbonyl (C=O) groups is 1. The number of ether oxygens (including phenoxy) is 2. The standard InChI is InChI=1S/C22H29F3O4/c1-3-8-17-18(11-10-16(15(2)26)21(17)27)28-14-7-5-4-6-9-19-20(29-19)12-13-22(23,24)25/h6,9-11,19-20,27H,3-5,7-8,12-14H2,1-2H3/t19-,20-/m1/s1. The molecule has 4 nitrogen and oxygen atoms in total. The lowest BCUT2D eigenvalue weighted by Crippen LogP contribution is -2.08. The van der Waals surface area contributed by atoms with Crippen LogP contribution in [-0.4, -0.2) is 35.9 Å². The minimum Gasteiger partial charge on any atom is -0.507 e. The van der Waals surface area contributed by atoms with Crippen molar-refractivity contribution in [2.24, 2.45) is 0 Å². The Morgan fingerprint density at radius 2 is 2.07 bits per heavy atom. The lowest BCUT2D eigenvalue weighted by Gasteiger charge is -2.14. The van der Waals surface area contributed by atoms with Crippen molar-refractivity contribution in [1.29, 1.82) is 0 Å². The number of Topliss-reactive ketones (excluding diaryl/α,β-unsaturated/α-hetero) is 1. The highest BCUT2D eigenvalue weighted by atomic mass is 19.4. The Hall–Kier alpha value is -2.02. The first-order valence-corrected chi connectivity index (χ1v) is 10.1. The van der Waals surface area contributed by atoms with Gasteiger partial charge in [0.15, 0.2) is 5.78 Å². The Bertz CT molecular complexity index is 713. The smallest absolute Gasteiger partial charge is 0.389 e. The van der Waals surface area contributed by atoms with Crippen molar-refractivity contribution in [3.05, 3.63) is 35.4 Å². The number of halogens is 3. The molecule has 162 valence electrons. The molecule has 0 bridgehead atoms. The van der Waals surface area contributed by atoms with E-state index in [0.717, 1.165) is 25.7 Å². The van der Waals surface area contributed by atoms with Gasteiger partial charge in [-0.05, 0) is 51.2 Å². The minimum atomic E-state index is -4.12. The number of hydrogen-bond donors (Lipinski definition) is 1. The van der Waals surface area contributed by atoms with E-state index < -0.39 is 12.6 Å². The number of aromatic hydroxyl groups is 1. The number of rotatable bonds is 12. The van der Waals surface area contributed by atoms with Crippen molar-refractivity contribution in [2.75, 3.05) is 6.61 Å². The average molecular weight is 414 g/mol. The van der Waals surface area contributed by atoms with Gasteiger partial charge in [0.2, 0.25) is 0 Å². The molecule has 1 saturated heterocycles. The second-order valence-corrected chi connectivity index (χ2v) is 7.31. The van der Waals surface area contributed by atoms with Crippen LogP contribution < -0.4 is 4.74 Å². The number of allylic oxidation sites excluding steroid dienone is 1. The second-order valence-electron chi connectivity index (χ2n) is 7.31. The van der Waals surface area contributed by atoms with Crippen molar-refractivity contribution in [1.82, 2.24) is 0 Å². The molecule has 1 N–H and O–H groups in total. The van der Waals surface area contributed by atoms with Gasteiger partial charge in [0.1, 0.15) is 17.6 Å². The third-order valence-corrected chi connectivity index (χ3v) is 4.80. The maximum absolute atomic E-state index is 12.1. The molecule has 1 aromatic carbocycles. The summed E-state index contributed by atoms with van der Waals surface area (Å²) in [6.07, 6.45) is 2.28. The van der Waals surface area contributed by atoms with E-state index in [-0.39, 0.29) is 30.2 Å². The van der Waals surface area contributed by atoms with Gasteiger partial charge in [-0.1, -0.05) is 25.5 Å². The number of benzene rings is 1. The Kier molecular flexibility index (Phi) is 8.56. The van der Waals surface area contributed by atoms with E-state index in [4.69, 9.17) is 9.47 Å². The van der Waals surface area contributed by atoms with Crippen LogP contribution in [0, 0.1) is 0 Å². The predicted octanol–water partition coefficient (Wildman–Crippen LogP) is 5.76. The number of phenolic OH excluding ortho intramolecular Hbond substituents is 1. The lowest BCUT2D eigenvalue weighted by atomic mass is 10.0. The van der Waals surface area contributed by atoms with E-state index in [9.17, 15) is 23.1 Å². The number of carbonyl (C=O) groups excluding carboxylic acids is 1. The fraction of sp³-hybridized carbons (Fsp3) is 0.591. The van der Waals surface area contributed by atoms with Gasteiger partial charge < -0.3 is 14.6 Å². The van der Waals surface area contributed by atoms with Crippen molar-refractivity contribution < 1.29 is 32.5 Å². The number of phenols is 1. The van der Waals surface area contributed by atoms with Crippen LogP contribution in [-0.2, 0) is 11.2 Å². The van der Waals surface area contributed by atoms with Gasteiger partial charge in [0.05, 0.1) is 18.3 Å². The van der Waals surface area contributed by atoms with Crippen LogP contribution in [0.25, 0.3) is 0 Å². The molecule has 1 aromatic rings.